The molecule has 4 nitrogen and oxygen atoms in total. The van der Waals surface area contributed by atoms with Crippen LogP contribution in [-0.2, 0) is 11.3 Å². The zero-order chi connectivity index (χ0) is 15.5. The molecule has 114 valence electrons. The first-order chi connectivity index (χ1) is 10.6. The van der Waals surface area contributed by atoms with Crippen LogP contribution in [0.15, 0.2) is 42.6 Å². The number of carbonyl (C=O) groups excluding carboxylic acids is 1. The van der Waals surface area contributed by atoms with Crippen molar-refractivity contribution in [3.05, 3.63) is 54.0 Å². The van der Waals surface area contributed by atoms with Gasteiger partial charge in [0.25, 0.3) is 0 Å². The maximum Gasteiger partial charge on any atom is 0.224 e. The summed E-state index contributed by atoms with van der Waals surface area (Å²) >= 11 is 0. The van der Waals surface area contributed by atoms with E-state index in [9.17, 15) is 9.18 Å². The predicted molar refractivity (Wildman–Crippen MR) is 79.8 cm³/mol. The Balaban J connectivity index is 1.68. The Kier molecular flexibility index (Phi) is 4.04. The van der Waals surface area contributed by atoms with Crippen molar-refractivity contribution in [2.45, 2.75) is 19.9 Å². The van der Waals surface area contributed by atoms with E-state index in [4.69, 9.17) is 4.74 Å². The minimum atomic E-state index is -0.369. The Morgan fingerprint density at radius 3 is 2.95 bits per heavy atom. The van der Waals surface area contributed by atoms with E-state index in [1.54, 1.807) is 24.4 Å². The summed E-state index contributed by atoms with van der Waals surface area (Å²) in [4.78, 5) is 16.0. The fraction of sp³-hybridized carbons (Fsp3) is 0.294. The number of ether oxygens (including phenoxy) is 1. The first-order valence-corrected chi connectivity index (χ1v) is 7.28. The highest BCUT2D eigenvalue weighted by Gasteiger charge is 2.38. The van der Waals surface area contributed by atoms with E-state index < -0.39 is 0 Å². The van der Waals surface area contributed by atoms with Crippen LogP contribution in [0.5, 0.6) is 11.6 Å². The summed E-state index contributed by atoms with van der Waals surface area (Å²) in [7, 11) is 0. The van der Waals surface area contributed by atoms with Gasteiger partial charge in [-0.05, 0) is 30.5 Å². The number of aromatic nitrogens is 1. The molecule has 1 aromatic carbocycles. The number of hydrogen-bond acceptors (Lipinski definition) is 3. The Morgan fingerprint density at radius 1 is 1.41 bits per heavy atom. The van der Waals surface area contributed by atoms with Crippen molar-refractivity contribution in [2.75, 3.05) is 0 Å². The molecule has 2 aromatic rings. The first-order valence-electron chi connectivity index (χ1n) is 7.28. The van der Waals surface area contributed by atoms with Crippen molar-refractivity contribution in [1.29, 1.82) is 0 Å². The number of nitrogens with one attached hydrogen (secondary N) is 1. The maximum atomic E-state index is 13.2. The molecule has 0 unspecified atom stereocenters. The summed E-state index contributed by atoms with van der Waals surface area (Å²) in [5.74, 6) is 1.04. The first kappa shape index (κ1) is 14.5. The molecule has 0 bridgehead atoms. The molecule has 1 amide bonds. The lowest BCUT2D eigenvalue weighted by Crippen LogP contribution is -2.25. The number of benzene rings is 1. The van der Waals surface area contributed by atoms with E-state index in [1.807, 2.05) is 6.07 Å². The van der Waals surface area contributed by atoms with Crippen LogP contribution in [0, 0.1) is 17.7 Å². The molecule has 0 radical (unpaired) electrons. The van der Waals surface area contributed by atoms with Gasteiger partial charge >= 0.3 is 0 Å². The molecule has 1 fully saturated rings. The smallest absolute Gasteiger partial charge is 0.224 e. The summed E-state index contributed by atoms with van der Waals surface area (Å²) in [6.07, 6.45) is 2.55. The number of nitrogens with zero attached hydrogens (tertiary/aromatic N) is 1. The standard InChI is InChI=1S/C17H17FN2O2/c1-11-8-15(11)16(21)20-10-12-4-3-7-19-17(12)22-14-6-2-5-13(18)9-14/h2-7,9,11,15H,8,10H2,1H3,(H,20,21)/t11-,15-/m1/s1. The van der Waals surface area contributed by atoms with Gasteiger partial charge in [0, 0.05) is 30.3 Å². The Morgan fingerprint density at radius 2 is 2.23 bits per heavy atom. The average Bonchev–Trinajstić information content (AvgIpc) is 3.23. The van der Waals surface area contributed by atoms with Gasteiger partial charge in [-0.1, -0.05) is 19.1 Å². The number of pyridine rings is 1. The van der Waals surface area contributed by atoms with E-state index in [0.29, 0.717) is 24.1 Å². The van der Waals surface area contributed by atoms with E-state index in [1.165, 1.54) is 12.1 Å². The van der Waals surface area contributed by atoms with Crippen molar-refractivity contribution in [2.24, 2.45) is 11.8 Å². The SMILES string of the molecule is C[C@@H]1C[C@H]1C(=O)NCc1cccnc1Oc1cccc(F)c1. The maximum absolute atomic E-state index is 13.2. The monoisotopic (exact) mass is 300 g/mol. The van der Waals surface area contributed by atoms with Crippen LogP contribution in [0.4, 0.5) is 4.39 Å². The summed E-state index contributed by atoms with van der Waals surface area (Å²) in [5, 5.41) is 2.90. The molecule has 1 aliphatic carbocycles. The van der Waals surface area contributed by atoms with Crippen molar-refractivity contribution in [3.63, 3.8) is 0 Å². The highest BCUT2D eigenvalue weighted by molar-refractivity contribution is 5.81. The number of carbonyl (C=O) groups is 1. The largest absolute Gasteiger partial charge is 0.439 e. The minimum Gasteiger partial charge on any atom is -0.439 e. The lowest BCUT2D eigenvalue weighted by molar-refractivity contribution is -0.122. The Hall–Kier alpha value is -2.43. The second kappa shape index (κ2) is 6.13. The lowest BCUT2D eigenvalue weighted by atomic mass is 10.2. The van der Waals surface area contributed by atoms with Gasteiger partial charge in [-0.3, -0.25) is 4.79 Å². The second-order valence-corrected chi connectivity index (χ2v) is 5.56. The molecule has 22 heavy (non-hydrogen) atoms. The fourth-order valence-electron chi connectivity index (χ4n) is 2.29. The zero-order valence-electron chi connectivity index (χ0n) is 12.3. The van der Waals surface area contributed by atoms with Crippen LogP contribution in [0.25, 0.3) is 0 Å². The number of hydrogen-bond donors (Lipinski definition) is 1. The van der Waals surface area contributed by atoms with Gasteiger partial charge in [0.2, 0.25) is 11.8 Å². The minimum absolute atomic E-state index is 0.0630. The third kappa shape index (κ3) is 3.42. The van der Waals surface area contributed by atoms with Crippen LogP contribution >= 0.6 is 0 Å². The van der Waals surface area contributed by atoms with Crippen molar-refractivity contribution < 1.29 is 13.9 Å². The zero-order valence-corrected chi connectivity index (χ0v) is 12.3. The highest BCUT2D eigenvalue weighted by atomic mass is 19.1. The van der Waals surface area contributed by atoms with Gasteiger partial charge in [-0.25, -0.2) is 9.37 Å². The molecule has 1 heterocycles. The molecule has 1 saturated carbocycles. The Labute approximate surface area is 128 Å². The molecule has 0 saturated heterocycles. The molecule has 0 aliphatic heterocycles. The number of rotatable bonds is 5. The molecule has 1 N–H and O–H groups in total. The highest BCUT2D eigenvalue weighted by Crippen LogP contribution is 2.37. The average molecular weight is 300 g/mol. The van der Waals surface area contributed by atoms with Crippen LogP contribution in [0.3, 0.4) is 0 Å². The predicted octanol–water partition coefficient (Wildman–Crippen LogP) is 3.29. The van der Waals surface area contributed by atoms with E-state index >= 15 is 0 Å². The van der Waals surface area contributed by atoms with Gasteiger partial charge in [0.1, 0.15) is 11.6 Å². The quantitative estimate of drug-likeness (QED) is 0.922. The molecule has 1 aromatic heterocycles. The topological polar surface area (TPSA) is 51.2 Å². The van der Waals surface area contributed by atoms with Crippen molar-refractivity contribution >= 4 is 5.91 Å². The normalized spacial score (nSPS) is 19.5. The van der Waals surface area contributed by atoms with Gasteiger partial charge in [-0.15, -0.1) is 0 Å². The van der Waals surface area contributed by atoms with Crippen LogP contribution in [0.1, 0.15) is 18.9 Å². The fourth-order valence-corrected chi connectivity index (χ4v) is 2.29. The second-order valence-electron chi connectivity index (χ2n) is 5.56. The van der Waals surface area contributed by atoms with Gasteiger partial charge in [0.05, 0.1) is 0 Å². The van der Waals surface area contributed by atoms with Crippen LogP contribution < -0.4 is 10.1 Å². The van der Waals surface area contributed by atoms with Gasteiger partial charge in [0.15, 0.2) is 0 Å². The lowest BCUT2D eigenvalue weighted by Gasteiger charge is -2.10. The number of halogens is 1. The van der Waals surface area contributed by atoms with Gasteiger partial charge in [-0.2, -0.15) is 0 Å². The molecule has 5 heteroatoms. The van der Waals surface area contributed by atoms with E-state index in [2.05, 4.69) is 17.2 Å². The van der Waals surface area contributed by atoms with Crippen molar-refractivity contribution in [1.82, 2.24) is 10.3 Å². The van der Waals surface area contributed by atoms with Crippen LogP contribution in [0.2, 0.25) is 0 Å². The van der Waals surface area contributed by atoms with Crippen LogP contribution in [-0.4, -0.2) is 10.9 Å². The molecule has 1 aliphatic rings. The third-order valence-corrected chi connectivity index (χ3v) is 3.76. The summed E-state index contributed by atoms with van der Waals surface area (Å²) in [6, 6.07) is 9.49. The van der Waals surface area contributed by atoms with E-state index in [-0.39, 0.29) is 17.6 Å². The molecular weight excluding hydrogens is 283 g/mol. The molecular formula is C17H17FN2O2. The molecule has 3 rings (SSSR count). The molecule has 0 spiro atoms. The Bertz CT molecular complexity index is 690. The summed E-state index contributed by atoms with van der Waals surface area (Å²) in [6.45, 7) is 2.41. The van der Waals surface area contributed by atoms with Crippen molar-refractivity contribution in [3.8, 4) is 11.6 Å². The van der Waals surface area contributed by atoms with E-state index in [0.717, 1.165) is 12.0 Å². The summed E-state index contributed by atoms with van der Waals surface area (Å²) < 4.78 is 18.8. The van der Waals surface area contributed by atoms with Gasteiger partial charge < -0.3 is 10.1 Å². The summed E-state index contributed by atoms with van der Waals surface area (Å²) in [5.41, 5.74) is 0.758. The number of amides is 1. The molecule has 2 atom stereocenters. The third-order valence-electron chi connectivity index (χ3n) is 3.76.